The summed E-state index contributed by atoms with van der Waals surface area (Å²) in [5.74, 6) is -0.327. The molecule has 2 aromatic rings. The molecule has 0 spiro atoms. The van der Waals surface area contributed by atoms with E-state index in [2.05, 4.69) is 21.0 Å². The van der Waals surface area contributed by atoms with Gasteiger partial charge >= 0.3 is 0 Å². The van der Waals surface area contributed by atoms with Crippen molar-refractivity contribution in [2.75, 3.05) is 0 Å². The summed E-state index contributed by atoms with van der Waals surface area (Å²) in [6.45, 7) is 4.62. The number of benzene rings is 1. The minimum Gasteiger partial charge on any atom is -0.292 e. The van der Waals surface area contributed by atoms with E-state index in [0.29, 0.717) is 16.7 Å². The third kappa shape index (κ3) is 3.15. The molecular formula is C15H16BrFN2O. The van der Waals surface area contributed by atoms with Crippen LogP contribution in [0.1, 0.15) is 35.6 Å². The van der Waals surface area contributed by atoms with Crippen molar-refractivity contribution in [3.63, 3.8) is 0 Å². The maximum absolute atomic E-state index is 13.0. The SMILES string of the molecule is CCc1cc(C(=O)Cc2ccc(F)cc2Br)n(CC)n1. The first kappa shape index (κ1) is 14.9. The minimum absolute atomic E-state index is 0.00800. The first-order chi connectivity index (χ1) is 9.55. The molecule has 106 valence electrons. The molecule has 5 heteroatoms. The number of aromatic nitrogens is 2. The first-order valence-electron chi connectivity index (χ1n) is 6.59. The van der Waals surface area contributed by atoms with E-state index in [1.54, 1.807) is 10.7 Å². The van der Waals surface area contributed by atoms with Crippen molar-refractivity contribution < 1.29 is 9.18 Å². The van der Waals surface area contributed by atoms with Gasteiger partial charge in [0.2, 0.25) is 0 Å². The summed E-state index contributed by atoms with van der Waals surface area (Å²) in [6, 6.07) is 6.20. The molecule has 3 nitrogen and oxygen atoms in total. The van der Waals surface area contributed by atoms with Gasteiger partial charge in [-0.2, -0.15) is 5.10 Å². The minimum atomic E-state index is -0.319. The van der Waals surface area contributed by atoms with Gasteiger partial charge in [-0.15, -0.1) is 0 Å². The van der Waals surface area contributed by atoms with Crippen LogP contribution in [0.3, 0.4) is 0 Å². The zero-order valence-electron chi connectivity index (χ0n) is 11.5. The van der Waals surface area contributed by atoms with E-state index in [1.165, 1.54) is 12.1 Å². The van der Waals surface area contributed by atoms with Crippen molar-refractivity contribution in [3.8, 4) is 0 Å². The van der Waals surface area contributed by atoms with Gasteiger partial charge in [-0.1, -0.05) is 28.9 Å². The molecule has 0 aliphatic heterocycles. The highest BCUT2D eigenvalue weighted by atomic mass is 79.9. The van der Waals surface area contributed by atoms with Gasteiger partial charge in [-0.3, -0.25) is 9.48 Å². The van der Waals surface area contributed by atoms with Crippen molar-refractivity contribution in [2.45, 2.75) is 33.2 Å². The first-order valence-corrected chi connectivity index (χ1v) is 7.38. The zero-order valence-corrected chi connectivity index (χ0v) is 13.1. The second-order valence-electron chi connectivity index (χ2n) is 4.53. The quantitative estimate of drug-likeness (QED) is 0.777. The maximum atomic E-state index is 13.0. The number of hydrogen-bond acceptors (Lipinski definition) is 2. The van der Waals surface area contributed by atoms with Gasteiger partial charge in [0.15, 0.2) is 5.78 Å². The van der Waals surface area contributed by atoms with Crippen LogP contribution < -0.4 is 0 Å². The summed E-state index contributed by atoms with van der Waals surface area (Å²) in [5.41, 5.74) is 2.30. The van der Waals surface area contributed by atoms with E-state index >= 15 is 0 Å². The Balaban J connectivity index is 2.25. The van der Waals surface area contributed by atoms with Crippen LogP contribution in [0.5, 0.6) is 0 Å². The average Bonchev–Trinajstić information content (AvgIpc) is 2.85. The Bertz CT molecular complexity index is 637. The highest BCUT2D eigenvalue weighted by molar-refractivity contribution is 9.10. The molecular weight excluding hydrogens is 323 g/mol. The second kappa shape index (κ2) is 6.31. The summed E-state index contributed by atoms with van der Waals surface area (Å²) >= 11 is 3.29. The van der Waals surface area contributed by atoms with Crippen LogP contribution in [-0.2, 0) is 19.4 Å². The fraction of sp³-hybridized carbons (Fsp3) is 0.333. The Morgan fingerprint density at radius 2 is 2.10 bits per heavy atom. The average molecular weight is 339 g/mol. The Kier molecular flexibility index (Phi) is 4.70. The maximum Gasteiger partial charge on any atom is 0.185 e. The molecule has 0 amide bonds. The predicted octanol–water partition coefficient (Wildman–Crippen LogP) is 3.79. The molecule has 1 heterocycles. The molecule has 0 fully saturated rings. The molecule has 0 unspecified atom stereocenters. The molecule has 20 heavy (non-hydrogen) atoms. The third-order valence-electron chi connectivity index (χ3n) is 3.14. The number of ketones is 1. The van der Waals surface area contributed by atoms with Gasteiger partial charge < -0.3 is 0 Å². The Labute approximate surface area is 125 Å². The van der Waals surface area contributed by atoms with Crippen LogP contribution in [0, 0.1) is 5.82 Å². The van der Waals surface area contributed by atoms with Crippen molar-refractivity contribution in [3.05, 3.63) is 51.5 Å². The van der Waals surface area contributed by atoms with Crippen LogP contribution in [0.15, 0.2) is 28.7 Å². The number of nitrogens with zero attached hydrogens (tertiary/aromatic N) is 2. The molecule has 0 atom stereocenters. The van der Waals surface area contributed by atoms with Crippen molar-refractivity contribution in [1.82, 2.24) is 9.78 Å². The zero-order chi connectivity index (χ0) is 14.7. The van der Waals surface area contributed by atoms with Crippen LogP contribution >= 0.6 is 15.9 Å². The molecule has 0 saturated carbocycles. The summed E-state index contributed by atoms with van der Waals surface area (Å²) in [6.07, 6.45) is 1.03. The van der Waals surface area contributed by atoms with E-state index in [9.17, 15) is 9.18 Å². The normalized spacial score (nSPS) is 10.8. The second-order valence-corrected chi connectivity index (χ2v) is 5.38. The number of Topliss-reactive ketones (excluding diaryl/α,β-unsaturated/α-hetero) is 1. The van der Waals surface area contributed by atoms with Gasteiger partial charge in [0, 0.05) is 17.4 Å². The van der Waals surface area contributed by atoms with Crippen molar-refractivity contribution in [2.24, 2.45) is 0 Å². The molecule has 0 saturated heterocycles. The lowest BCUT2D eigenvalue weighted by Crippen LogP contribution is -2.12. The number of aryl methyl sites for hydroxylation is 2. The smallest absolute Gasteiger partial charge is 0.185 e. The van der Waals surface area contributed by atoms with Gasteiger partial charge in [0.1, 0.15) is 11.5 Å². The van der Waals surface area contributed by atoms with Crippen LogP contribution in [0.4, 0.5) is 4.39 Å². The molecule has 0 aliphatic rings. The number of rotatable bonds is 5. The Morgan fingerprint density at radius 1 is 1.35 bits per heavy atom. The summed E-state index contributed by atoms with van der Waals surface area (Å²) < 4.78 is 15.4. The van der Waals surface area contributed by atoms with E-state index in [-0.39, 0.29) is 18.0 Å². The van der Waals surface area contributed by atoms with Gasteiger partial charge in [-0.25, -0.2) is 4.39 Å². The summed E-state index contributed by atoms with van der Waals surface area (Å²) in [5, 5.41) is 4.37. The predicted molar refractivity (Wildman–Crippen MR) is 79.4 cm³/mol. The van der Waals surface area contributed by atoms with E-state index in [4.69, 9.17) is 0 Å². The molecule has 0 bridgehead atoms. The van der Waals surface area contributed by atoms with E-state index in [1.807, 2.05) is 19.9 Å². The van der Waals surface area contributed by atoms with Gasteiger partial charge in [-0.05, 0) is 37.1 Å². The van der Waals surface area contributed by atoms with Crippen LogP contribution in [0.2, 0.25) is 0 Å². The highest BCUT2D eigenvalue weighted by Gasteiger charge is 2.16. The Hall–Kier alpha value is -1.49. The lowest BCUT2D eigenvalue weighted by atomic mass is 10.1. The Morgan fingerprint density at radius 3 is 2.70 bits per heavy atom. The van der Waals surface area contributed by atoms with E-state index < -0.39 is 0 Å². The summed E-state index contributed by atoms with van der Waals surface area (Å²) in [7, 11) is 0. The fourth-order valence-electron chi connectivity index (χ4n) is 2.04. The van der Waals surface area contributed by atoms with Crippen LogP contribution in [-0.4, -0.2) is 15.6 Å². The number of halogens is 2. The van der Waals surface area contributed by atoms with Crippen molar-refractivity contribution in [1.29, 1.82) is 0 Å². The lowest BCUT2D eigenvalue weighted by molar-refractivity contribution is 0.0982. The molecule has 0 aliphatic carbocycles. The highest BCUT2D eigenvalue weighted by Crippen LogP contribution is 2.20. The fourth-order valence-corrected chi connectivity index (χ4v) is 2.53. The van der Waals surface area contributed by atoms with Gasteiger partial charge in [0.25, 0.3) is 0 Å². The van der Waals surface area contributed by atoms with Gasteiger partial charge in [0.05, 0.1) is 5.69 Å². The summed E-state index contributed by atoms with van der Waals surface area (Å²) in [4.78, 5) is 12.4. The molecule has 2 rings (SSSR count). The standard InChI is InChI=1S/C15H16BrFN2O/c1-3-12-9-14(19(4-2)18-12)15(20)7-10-5-6-11(17)8-13(10)16/h5-6,8-9H,3-4,7H2,1-2H3. The monoisotopic (exact) mass is 338 g/mol. The number of hydrogen-bond donors (Lipinski definition) is 0. The molecule has 0 radical (unpaired) electrons. The largest absolute Gasteiger partial charge is 0.292 e. The lowest BCUT2D eigenvalue weighted by Gasteiger charge is -2.06. The number of carbonyl (C=O) groups excluding carboxylic acids is 1. The van der Waals surface area contributed by atoms with E-state index in [0.717, 1.165) is 17.7 Å². The molecule has 1 aromatic carbocycles. The number of carbonyl (C=O) groups is 1. The van der Waals surface area contributed by atoms with Crippen molar-refractivity contribution >= 4 is 21.7 Å². The topological polar surface area (TPSA) is 34.9 Å². The van der Waals surface area contributed by atoms with Crippen LogP contribution in [0.25, 0.3) is 0 Å². The third-order valence-corrected chi connectivity index (χ3v) is 3.88. The molecule has 0 N–H and O–H groups in total. The molecule has 1 aromatic heterocycles.